The molecule has 0 amide bonds. The van der Waals surface area contributed by atoms with E-state index < -0.39 is 0 Å². The lowest BCUT2D eigenvalue weighted by Crippen LogP contribution is -2.41. The average molecular weight is 275 g/mol. The molecule has 2 N–H and O–H groups in total. The van der Waals surface area contributed by atoms with Crippen molar-refractivity contribution in [2.24, 2.45) is 5.73 Å². The second-order valence-electron chi connectivity index (χ2n) is 6.11. The second-order valence-corrected chi connectivity index (χ2v) is 6.11. The number of likely N-dealkylation sites (N-methyl/N-ethyl adjacent to an activating group) is 2. The number of benzene rings is 1. The summed E-state index contributed by atoms with van der Waals surface area (Å²) in [6, 6.07) is 9.28. The predicted molar refractivity (Wildman–Crippen MR) is 85.9 cm³/mol. The summed E-state index contributed by atoms with van der Waals surface area (Å²) < 4.78 is 0. The van der Waals surface area contributed by atoms with Crippen LogP contribution in [0.2, 0.25) is 0 Å². The number of rotatable bonds is 6. The van der Waals surface area contributed by atoms with Crippen LogP contribution >= 0.6 is 0 Å². The average Bonchev–Trinajstić information content (AvgIpc) is 2.86. The molecule has 0 aliphatic carbocycles. The van der Waals surface area contributed by atoms with E-state index in [0.717, 1.165) is 13.1 Å². The van der Waals surface area contributed by atoms with Crippen molar-refractivity contribution in [3.05, 3.63) is 35.4 Å². The van der Waals surface area contributed by atoms with Gasteiger partial charge in [-0.25, -0.2) is 0 Å². The number of hydrogen-bond acceptors (Lipinski definition) is 3. The third-order valence-electron chi connectivity index (χ3n) is 4.52. The van der Waals surface area contributed by atoms with Crippen LogP contribution in [0.3, 0.4) is 0 Å². The minimum atomic E-state index is 0.109. The lowest BCUT2D eigenvalue weighted by Gasteiger charge is -2.29. The summed E-state index contributed by atoms with van der Waals surface area (Å²) in [5.41, 5.74) is 8.95. The number of nitrogens with zero attached hydrogens (tertiary/aromatic N) is 2. The van der Waals surface area contributed by atoms with Crippen LogP contribution in [-0.2, 0) is 0 Å². The van der Waals surface area contributed by atoms with Crippen molar-refractivity contribution in [2.75, 3.05) is 33.2 Å². The highest BCUT2D eigenvalue weighted by Crippen LogP contribution is 2.19. The molecule has 1 aliphatic rings. The van der Waals surface area contributed by atoms with E-state index in [1.54, 1.807) is 0 Å². The topological polar surface area (TPSA) is 32.5 Å². The molecule has 2 rings (SSSR count). The van der Waals surface area contributed by atoms with Crippen molar-refractivity contribution >= 4 is 0 Å². The summed E-state index contributed by atoms with van der Waals surface area (Å²) in [4.78, 5) is 4.99. The highest BCUT2D eigenvalue weighted by Gasteiger charge is 2.24. The third-order valence-corrected chi connectivity index (χ3v) is 4.52. The predicted octanol–water partition coefficient (Wildman–Crippen LogP) is 2.41. The Balaban J connectivity index is 1.88. The van der Waals surface area contributed by atoms with E-state index in [2.05, 4.69) is 55.0 Å². The molecule has 0 aromatic heterocycles. The molecule has 3 heteroatoms. The minimum absolute atomic E-state index is 0.109. The Morgan fingerprint density at radius 1 is 1.40 bits per heavy atom. The number of hydrogen-bond donors (Lipinski definition) is 1. The molecule has 1 fully saturated rings. The highest BCUT2D eigenvalue weighted by molar-refractivity contribution is 5.28. The maximum atomic E-state index is 6.38. The fourth-order valence-corrected chi connectivity index (χ4v) is 3.39. The molecule has 1 saturated heterocycles. The molecular formula is C17H29N3. The van der Waals surface area contributed by atoms with Crippen molar-refractivity contribution in [1.29, 1.82) is 0 Å². The van der Waals surface area contributed by atoms with Crippen LogP contribution in [0, 0.1) is 6.92 Å². The lowest BCUT2D eigenvalue weighted by molar-refractivity contribution is 0.193. The third kappa shape index (κ3) is 3.81. The van der Waals surface area contributed by atoms with Crippen LogP contribution < -0.4 is 5.73 Å². The van der Waals surface area contributed by atoms with Gasteiger partial charge in [0.25, 0.3) is 0 Å². The zero-order valence-corrected chi connectivity index (χ0v) is 13.2. The van der Waals surface area contributed by atoms with Gasteiger partial charge in [0.2, 0.25) is 0 Å². The fraction of sp³-hybridized carbons (Fsp3) is 0.647. The van der Waals surface area contributed by atoms with Crippen molar-refractivity contribution in [1.82, 2.24) is 9.80 Å². The van der Waals surface area contributed by atoms with E-state index in [9.17, 15) is 0 Å². The Morgan fingerprint density at radius 3 is 2.85 bits per heavy atom. The van der Waals surface area contributed by atoms with E-state index in [0.29, 0.717) is 6.04 Å². The quantitative estimate of drug-likeness (QED) is 0.865. The Labute approximate surface area is 123 Å². The standard InChI is InChI=1S/C17H29N3/c1-4-20-11-7-9-15(20)12-19(3)13-17(18)16-10-6-5-8-14(16)2/h5-6,8,10,15,17H,4,7,9,11-13,18H2,1-3H3. The Kier molecular flexibility index (Phi) is 5.58. The molecule has 20 heavy (non-hydrogen) atoms. The zero-order chi connectivity index (χ0) is 14.5. The summed E-state index contributed by atoms with van der Waals surface area (Å²) in [5, 5.41) is 0. The largest absolute Gasteiger partial charge is 0.323 e. The zero-order valence-electron chi connectivity index (χ0n) is 13.2. The molecule has 1 aromatic rings. The smallest absolute Gasteiger partial charge is 0.0426 e. The Morgan fingerprint density at radius 2 is 2.15 bits per heavy atom. The second kappa shape index (κ2) is 7.21. The molecule has 1 heterocycles. The number of aryl methyl sites for hydroxylation is 1. The van der Waals surface area contributed by atoms with Crippen molar-refractivity contribution in [2.45, 2.75) is 38.8 Å². The van der Waals surface area contributed by atoms with Gasteiger partial charge in [-0.3, -0.25) is 4.90 Å². The Bertz CT molecular complexity index is 418. The number of likely N-dealkylation sites (tertiary alicyclic amines) is 1. The summed E-state index contributed by atoms with van der Waals surface area (Å²) in [7, 11) is 2.20. The molecule has 1 aliphatic heterocycles. The molecule has 0 saturated carbocycles. The van der Waals surface area contributed by atoms with Gasteiger partial charge >= 0.3 is 0 Å². The molecule has 0 spiro atoms. The van der Waals surface area contributed by atoms with E-state index >= 15 is 0 Å². The van der Waals surface area contributed by atoms with Gasteiger partial charge in [0.1, 0.15) is 0 Å². The van der Waals surface area contributed by atoms with Crippen LogP contribution in [0.25, 0.3) is 0 Å². The van der Waals surface area contributed by atoms with Crippen LogP contribution in [0.15, 0.2) is 24.3 Å². The molecule has 1 aromatic carbocycles. The van der Waals surface area contributed by atoms with E-state index in [1.165, 1.54) is 37.1 Å². The summed E-state index contributed by atoms with van der Waals surface area (Å²) in [6.45, 7) is 8.90. The van der Waals surface area contributed by atoms with Gasteiger partial charge in [0, 0.05) is 25.2 Å². The van der Waals surface area contributed by atoms with Gasteiger partial charge in [-0.2, -0.15) is 0 Å². The van der Waals surface area contributed by atoms with Gasteiger partial charge in [0.05, 0.1) is 0 Å². The van der Waals surface area contributed by atoms with Crippen LogP contribution in [0.5, 0.6) is 0 Å². The normalized spacial score (nSPS) is 21.6. The van der Waals surface area contributed by atoms with Gasteiger partial charge in [-0.15, -0.1) is 0 Å². The minimum Gasteiger partial charge on any atom is -0.323 e. The first kappa shape index (κ1) is 15.5. The maximum absolute atomic E-state index is 6.38. The fourth-order valence-electron chi connectivity index (χ4n) is 3.39. The summed E-state index contributed by atoms with van der Waals surface area (Å²) >= 11 is 0. The lowest BCUT2D eigenvalue weighted by atomic mass is 10.0. The molecule has 2 atom stereocenters. The molecule has 3 nitrogen and oxygen atoms in total. The van der Waals surface area contributed by atoms with Gasteiger partial charge in [-0.1, -0.05) is 31.2 Å². The Hall–Kier alpha value is -0.900. The summed E-state index contributed by atoms with van der Waals surface area (Å²) in [5.74, 6) is 0. The van der Waals surface area contributed by atoms with Gasteiger partial charge in [-0.05, 0) is 51.0 Å². The molecule has 0 radical (unpaired) electrons. The first-order valence-electron chi connectivity index (χ1n) is 7.85. The number of nitrogens with two attached hydrogens (primary N) is 1. The maximum Gasteiger partial charge on any atom is 0.0426 e. The van der Waals surface area contributed by atoms with E-state index in [-0.39, 0.29) is 6.04 Å². The first-order valence-corrected chi connectivity index (χ1v) is 7.85. The van der Waals surface area contributed by atoms with Crippen molar-refractivity contribution in [3.8, 4) is 0 Å². The van der Waals surface area contributed by atoms with Gasteiger partial charge in [0.15, 0.2) is 0 Å². The van der Waals surface area contributed by atoms with Gasteiger partial charge < -0.3 is 10.6 Å². The molecule has 2 unspecified atom stereocenters. The van der Waals surface area contributed by atoms with E-state index in [1.807, 2.05) is 0 Å². The van der Waals surface area contributed by atoms with Crippen molar-refractivity contribution < 1.29 is 0 Å². The van der Waals surface area contributed by atoms with Crippen LogP contribution in [0.1, 0.15) is 36.9 Å². The highest BCUT2D eigenvalue weighted by atomic mass is 15.2. The molecule has 112 valence electrons. The molecule has 0 bridgehead atoms. The monoisotopic (exact) mass is 275 g/mol. The molecular weight excluding hydrogens is 246 g/mol. The van der Waals surface area contributed by atoms with Crippen LogP contribution in [0.4, 0.5) is 0 Å². The first-order chi connectivity index (χ1) is 9.61. The summed E-state index contributed by atoms with van der Waals surface area (Å²) in [6.07, 6.45) is 2.67. The van der Waals surface area contributed by atoms with Crippen LogP contribution in [-0.4, -0.2) is 49.1 Å². The van der Waals surface area contributed by atoms with Crippen molar-refractivity contribution in [3.63, 3.8) is 0 Å². The van der Waals surface area contributed by atoms with E-state index in [4.69, 9.17) is 5.73 Å². The SMILES string of the molecule is CCN1CCCC1CN(C)CC(N)c1ccccc1C.